The first-order valence-corrected chi connectivity index (χ1v) is 6.88. The van der Waals surface area contributed by atoms with Gasteiger partial charge >= 0.3 is 11.9 Å². The van der Waals surface area contributed by atoms with Gasteiger partial charge in [-0.2, -0.15) is 0 Å². The molecule has 21 heavy (non-hydrogen) atoms. The van der Waals surface area contributed by atoms with Gasteiger partial charge in [-0.1, -0.05) is 0 Å². The second-order valence-corrected chi connectivity index (χ2v) is 5.14. The molecule has 0 aliphatic carbocycles. The molecule has 6 heteroatoms. The van der Waals surface area contributed by atoms with Crippen LogP contribution in [0.4, 0.5) is 5.69 Å². The topological polar surface area (TPSA) is 87.1 Å². The Balaban J connectivity index is 2.24. The van der Waals surface area contributed by atoms with E-state index in [2.05, 4.69) is 9.64 Å². The molecule has 0 amide bonds. The molecular weight excluding hydrogens is 274 g/mol. The molecule has 2 rings (SSSR count). The molecule has 0 bridgehead atoms. The molecule has 1 aromatic rings. The molecule has 0 radical (unpaired) electrons. The van der Waals surface area contributed by atoms with E-state index in [1.165, 1.54) is 19.2 Å². The molecule has 0 saturated carbocycles. The third kappa shape index (κ3) is 3.33. The number of carboxylic acids is 1. The number of nitrogens with zero attached hydrogens (tertiary/aromatic N) is 1. The Morgan fingerprint density at radius 2 is 1.95 bits per heavy atom. The molecule has 1 aliphatic heterocycles. The van der Waals surface area contributed by atoms with Gasteiger partial charge in [0.25, 0.3) is 0 Å². The highest BCUT2D eigenvalue weighted by molar-refractivity contribution is 6.03. The van der Waals surface area contributed by atoms with Crippen LogP contribution in [-0.4, -0.2) is 49.0 Å². The summed E-state index contributed by atoms with van der Waals surface area (Å²) in [6.45, 7) is 1.72. The lowest BCUT2D eigenvalue weighted by atomic mass is 9.97. The van der Waals surface area contributed by atoms with Gasteiger partial charge in [0.15, 0.2) is 0 Å². The minimum Gasteiger partial charge on any atom is -0.478 e. The van der Waals surface area contributed by atoms with Gasteiger partial charge < -0.3 is 19.8 Å². The first kappa shape index (κ1) is 15.3. The van der Waals surface area contributed by atoms with E-state index in [1.807, 2.05) is 0 Å². The van der Waals surface area contributed by atoms with Crippen molar-refractivity contribution >= 4 is 17.6 Å². The van der Waals surface area contributed by atoms with Crippen LogP contribution >= 0.6 is 0 Å². The van der Waals surface area contributed by atoms with Crippen LogP contribution in [0.1, 0.15) is 33.6 Å². The van der Waals surface area contributed by atoms with Crippen molar-refractivity contribution in [3.8, 4) is 0 Å². The van der Waals surface area contributed by atoms with Gasteiger partial charge in [-0.05, 0) is 37.0 Å². The van der Waals surface area contributed by atoms with Gasteiger partial charge in [-0.3, -0.25) is 0 Å². The molecular formula is C15H19NO5. The van der Waals surface area contributed by atoms with Gasteiger partial charge in [0.1, 0.15) is 0 Å². The number of carbonyl (C=O) groups is 2. The van der Waals surface area contributed by atoms with Crippen LogP contribution in [0.3, 0.4) is 0 Å². The van der Waals surface area contributed by atoms with Crippen LogP contribution in [0.15, 0.2) is 18.2 Å². The maximum absolute atomic E-state index is 11.6. The molecule has 0 spiro atoms. The van der Waals surface area contributed by atoms with E-state index in [4.69, 9.17) is 5.11 Å². The van der Waals surface area contributed by atoms with Crippen LogP contribution < -0.4 is 4.90 Å². The molecule has 0 unspecified atom stereocenters. The van der Waals surface area contributed by atoms with Gasteiger partial charge in [-0.25, -0.2) is 9.59 Å². The number of methoxy groups -OCH3 is 1. The monoisotopic (exact) mass is 293 g/mol. The Morgan fingerprint density at radius 1 is 1.29 bits per heavy atom. The van der Waals surface area contributed by atoms with E-state index < -0.39 is 11.9 Å². The summed E-state index contributed by atoms with van der Waals surface area (Å²) >= 11 is 0. The van der Waals surface area contributed by atoms with Crippen LogP contribution in [0.5, 0.6) is 0 Å². The second-order valence-electron chi connectivity index (χ2n) is 5.14. The number of benzene rings is 1. The van der Waals surface area contributed by atoms with Gasteiger partial charge in [0.05, 0.1) is 18.2 Å². The fourth-order valence-corrected chi connectivity index (χ4v) is 2.57. The van der Waals surface area contributed by atoms with Crippen molar-refractivity contribution in [3.63, 3.8) is 0 Å². The highest BCUT2D eigenvalue weighted by atomic mass is 16.5. The van der Waals surface area contributed by atoms with Gasteiger partial charge in [0.2, 0.25) is 0 Å². The molecule has 0 atom stereocenters. The van der Waals surface area contributed by atoms with Crippen molar-refractivity contribution in [1.29, 1.82) is 0 Å². The third-order valence-electron chi connectivity index (χ3n) is 3.88. The normalized spacial score (nSPS) is 15.8. The van der Waals surface area contributed by atoms with Gasteiger partial charge in [-0.15, -0.1) is 0 Å². The minimum atomic E-state index is -1.15. The molecule has 1 heterocycles. The first-order chi connectivity index (χ1) is 10.1. The van der Waals surface area contributed by atoms with Crippen LogP contribution in [0.2, 0.25) is 0 Å². The summed E-state index contributed by atoms with van der Waals surface area (Å²) in [4.78, 5) is 25.0. The largest absolute Gasteiger partial charge is 0.478 e. The van der Waals surface area contributed by atoms with Crippen molar-refractivity contribution in [2.45, 2.75) is 12.8 Å². The number of aromatic carboxylic acids is 1. The summed E-state index contributed by atoms with van der Waals surface area (Å²) in [5.74, 6) is -1.49. The molecule has 114 valence electrons. The zero-order chi connectivity index (χ0) is 15.4. The molecule has 1 saturated heterocycles. The molecule has 1 aliphatic rings. The Bertz CT molecular complexity index is 535. The number of piperidine rings is 1. The third-order valence-corrected chi connectivity index (χ3v) is 3.88. The van der Waals surface area contributed by atoms with E-state index in [-0.39, 0.29) is 17.7 Å². The molecule has 1 fully saturated rings. The van der Waals surface area contributed by atoms with E-state index in [1.54, 1.807) is 6.07 Å². The Kier molecular flexibility index (Phi) is 4.80. The number of aliphatic hydroxyl groups is 1. The number of aliphatic hydroxyl groups excluding tert-OH is 1. The van der Waals surface area contributed by atoms with E-state index >= 15 is 0 Å². The lowest BCUT2D eigenvalue weighted by molar-refractivity contribution is 0.0582. The summed E-state index contributed by atoms with van der Waals surface area (Å²) < 4.78 is 4.60. The van der Waals surface area contributed by atoms with Crippen LogP contribution in [0, 0.1) is 5.92 Å². The average Bonchev–Trinajstić information content (AvgIpc) is 2.53. The minimum absolute atomic E-state index is 0.0522. The molecule has 2 N–H and O–H groups in total. The number of anilines is 1. The Labute approximate surface area is 122 Å². The standard InChI is InChI=1S/C15H19NO5/c1-21-15(20)12-3-2-11(8-13(12)14(18)19)16-6-4-10(9-17)5-7-16/h2-3,8,10,17H,4-7,9H2,1H3,(H,18,19). The quantitative estimate of drug-likeness (QED) is 0.816. The summed E-state index contributed by atoms with van der Waals surface area (Å²) in [6.07, 6.45) is 1.75. The second kappa shape index (κ2) is 6.58. The molecule has 1 aromatic carbocycles. The summed E-state index contributed by atoms with van der Waals surface area (Å²) in [5.41, 5.74) is 0.777. The van der Waals surface area contributed by atoms with Crippen molar-refractivity contribution in [1.82, 2.24) is 0 Å². The molecule has 0 aromatic heterocycles. The predicted octanol–water partition coefficient (Wildman–Crippen LogP) is 1.38. The van der Waals surface area contributed by atoms with Crippen molar-refractivity contribution in [2.75, 3.05) is 31.7 Å². The number of esters is 1. The van der Waals surface area contributed by atoms with E-state index in [0.717, 1.165) is 31.6 Å². The summed E-state index contributed by atoms with van der Waals surface area (Å²) in [6, 6.07) is 4.73. The summed E-state index contributed by atoms with van der Waals surface area (Å²) in [5, 5.41) is 18.4. The zero-order valence-electron chi connectivity index (χ0n) is 11.9. The fraction of sp³-hybridized carbons (Fsp3) is 0.467. The highest BCUT2D eigenvalue weighted by Crippen LogP contribution is 2.25. The van der Waals surface area contributed by atoms with Crippen molar-refractivity contribution in [3.05, 3.63) is 29.3 Å². The SMILES string of the molecule is COC(=O)c1ccc(N2CCC(CO)CC2)cc1C(=O)O. The fourth-order valence-electron chi connectivity index (χ4n) is 2.57. The number of hydrogen-bond acceptors (Lipinski definition) is 5. The maximum atomic E-state index is 11.6. The Morgan fingerprint density at radius 3 is 2.48 bits per heavy atom. The van der Waals surface area contributed by atoms with Crippen molar-refractivity contribution in [2.24, 2.45) is 5.92 Å². The lowest BCUT2D eigenvalue weighted by Gasteiger charge is -2.33. The van der Waals surface area contributed by atoms with Crippen LogP contribution in [-0.2, 0) is 4.74 Å². The number of ether oxygens (including phenoxy) is 1. The smallest absolute Gasteiger partial charge is 0.338 e. The number of hydrogen-bond donors (Lipinski definition) is 2. The number of rotatable bonds is 4. The zero-order valence-corrected chi connectivity index (χ0v) is 11.9. The van der Waals surface area contributed by atoms with E-state index in [9.17, 15) is 14.7 Å². The highest BCUT2D eigenvalue weighted by Gasteiger charge is 2.22. The maximum Gasteiger partial charge on any atom is 0.338 e. The van der Waals surface area contributed by atoms with Gasteiger partial charge in [0, 0.05) is 25.4 Å². The Hall–Kier alpha value is -2.08. The predicted molar refractivity (Wildman–Crippen MR) is 76.8 cm³/mol. The lowest BCUT2D eigenvalue weighted by Crippen LogP contribution is -2.34. The number of carbonyl (C=O) groups excluding carboxylic acids is 1. The average molecular weight is 293 g/mol. The van der Waals surface area contributed by atoms with Crippen molar-refractivity contribution < 1.29 is 24.5 Å². The number of carboxylic acid groups (broad SMARTS) is 1. The molecule has 6 nitrogen and oxygen atoms in total. The van der Waals surface area contributed by atoms with Crippen LogP contribution in [0.25, 0.3) is 0 Å². The summed E-state index contributed by atoms with van der Waals surface area (Å²) in [7, 11) is 1.22. The first-order valence-electron chi connectivity index (χ1n) is 6.88. The van der Waals surface area contributed by atoms with E-state index in [0.29, 0.717) is 5.92 Å².